The van der Waals surface area contributed by atoms with Crippen LogP contribution in [0.25, 0.3) is 0 Å². The molecule has 0 unspecified atom stereocenters. The minimum atomic E-state index is 0.380. The third-order valence-corrected chi connectivity index (χ3v) is 9.60. The van der Waals surface area contributed by atoms with Gasteiger partial charge in [-0.2, -0.15) is 0 Å². The van der Waals surface area contributed by atoms with E-state index in [2.05, 4.69) is 46.1 Å². The Balaban J connectivity index is 3.69. The Kier molecular flexibility index (Phi) is 17.9. The first-order valence-electron chi connectivity index (χ1n) is 13.6. The lowest BCUT2D eigenvalue weighted by Gasteiger charge is -2.44. The van der Waals surface area contributed by atoms with Crippen LogP contribution in [0.3, 0.4) is 0 Å². The summed E-state index contributed by atoms with van der Waals surface area (Å²) >= 11 is 0. The third-order valence-electron chi connectivity index (χ3n) is 7.94. The van der Waals surface area contributed by atoms with Gasteiger partial charge in [0.25, 0.3) is 0 Å². The van der Waals surface area contributed by atoms with Gasteiger partial charge in [-0.1, -0.05) is 130 Å². The molecule has 0 aromatic carbocycles. The zero-order valence-electron chi connectivity index (χ0n) is 21.9. The first-order valence-corrected chi connectivity index (χ1v) is 14.5. The summed E-state index contributed by atoms with van der Waals surface area (Å²) < 4.78 is 2.78. The molecule has 0 radical (unpaired) electrons. The Hall–Kier alpha value is 0.177. The second kappa shape index (κ2) is 17.8. The molecular weight excluding hydrogens is 366 g/mol. The summed E-state index contributed by atoms with van der Waals surface area (Å²) in [5.74, 6) is 0. The second-order valence-electron chi connectivity index (χ2n) is 10.6. The highest BCUT2D eigenvalue weighted by Crippen LogP contribution is 2.40. The Morgan fingerprint density at radius 3 is 1.24 bits per heavy atom. The molecule has 0 aliphatic rings. The van der Waals surface area contributed by atoms with E-state index in [1.807, 2.05) is 0 Å². The number of rotatable bonds is 21. The van der Waals surface area contributed by atoms with E-state index in [0.717, 1.165) is 0 Å². The third kappa shape index (κ3) is 14.0. The van der Waals surface area contributed by atoms with Crippen LogP contribution in [0.4, 0.5) is 0 Å². The highest BCUT2D eigenvalue weighted by Gasteiger charge is 2.34. The predicted molar refractivity (Wildman–Crippen MR) is 139 cm³/mol. The fourth-order valence-electron chi connectivity index (χ4n) is 5.02. The summed E-state index contributed by atoms with van der Waals surface area (Å²) in [6, 6.07) is 0. The van der Waals surface area contributed by atoms with Crippen molar-refractivity contribution < 1.29 is 0 Å². The Bertz CT molecular complexity index is 340. The molecule has 1 nitrogen and oxygen atoms in total. The minimum Gasteiger partial charge on any atom is -0.327 e. The Labute approximate surface area is 189 Å². The maximum Gasteiger partial charge on any atom is 0.0791 e. The second-order valence-corrected chi connectivity index (χ2v) is 11.6. The van der Waals surface area contributed by atoms with Gasteiger partial charge in [0.05, 0.1) is 10.4 Å². The van der Waals surface area contributed by atoms with E-state index in [9.17, 15) is 0 Å². The van der Waals surface area contributed by atoms with Gasteiger partial charge >= 0.3 is 0 Å². The van der Waals surface area contributed by atoms with Crippen molar-refractivity contribution in [2.45, 2.75) is 163 Å². The quantitative estimate of drug-likeness (QED) is 0.132. The summed E-state index contributed by atoms with van der Waals surface area (Å²) in [4.78, 5) is 0. The Morgan fingerprint density at radius 2 is 0.897 bits per heavy atom. The number of hydrogen-bond donors (Lipinski definition) is 0. The molecule has 0 bridgehead atoms. The van der Waals surface area contributed by atoms with E-state index < -0.39 is 0 Å². The molecule has 176 valence electrons. The van der Waals surface area contributed by atoms with Gasteiger partial charge in [0.1, 0.15) is 0 Å². The topological polar surface area (TPSA) is 3.24 Å². The maximum atomic E-state index is 2.78. The molecule has 0 spiro atoms. The van der Waals surface area contributed by atoms with Crippen molar-refractivity contribution in [3.05, 3.63) is 0 Å². The molecule has 0 saturated carbocycles. The number of hydrogen-bond acceptors (Lipinski definition) is 1. The fraction of sp³-hybridized carbons (Fsp3) is 1.00. The molecule has 0 aromatic heterocycles. The van der Waals surface area contributed by atoms with Crippen LogP contribution in [0.15, 0.2) is 0 Å². The predicted octanol–water partition coefficient (Wildman–Crippen LogP) is 8.44. The van der Waals surface area contributed by atoms with Gasteiger partial charge in [-0.25, -0.2) is 0 Å². The molecule has 0 heterocycles. The lowest BCUT2D eigenvalue weighted by molar-refractivity contribution is 0.109. The van der Waals surface area contributed by atoms with Crippen molar-refractivity contribution in [1.29, 1.82) is 0 Å². The van der Waals surface area contributed by atoms with Crippen molar-refractivity contribution in [3.8, 4) is 0 Å². The monoisotopic (exact) mass is 425 g/mol. The lowest BCUT2D eigenvalue weighted by Crippen LogP contribution is -2.46. The van der Waals surface area contributed by atoms with Crippen LogP contribution in [-0.2, 0) is 0 Å². The fourth-order valence-corrected chi connectivity index (χ4v) is 5.50. The average Bonchev–Trinajstić information content (AvgIpc) is 2.72. The molecule has 0 N–H and O–H groups in total. The van der Waals surface area contributed by atoms with Crippen molar-refractivity contribution in [1.82, 2.24) is 4.57 Å². The van der Waals surface area contributed by atoms with Gasteiger partial charge in [0, 0.05) is 5.54 Å². The number of unbranched alkanes of at least 4 members (excludes halogenated alkanes) is 13. The first kappa shape index (κ1) is 29.2. The SMILES string of the molecule is CCCCCCCCCCCCCCCCN([SiH3])C(C)(C)CC(CC)(CC)CC. The van der Waals surface area contributed by atoms with E-state index in [-0.39, 0.29) is 0 Å². The van der Waals surface area contributed by atoms with Gasteiger partial charge in [-0.15, -0.1) is 0 Å². The summed E-state index contributed by atoms with van der Waals surface area (Å²) in [5, 5.41) is 0. The molecule has 0 amide bonds. The minimum absolute atomic E-state index is 0.380. The van der Waals surface area contributed by atoms with Crippen LogP contribution < -0.4 is 0 Å². The first-order chi connectivity index (χ1) is 13.9. The summed E-state index contributed by atoms with van der Waals surface area (Å²) in [6.07, 6.45) is 25.7. The van der Waals surface area contributed by atoms with Crippen LogP contribution in [0.5, 0.6) is 0 Å². The normalized spacial score (nSPS) is 12.9. The van der Waals surface area contributed by atoms with E-state index in [1.165, 1.54) is 133 Å². The van der Waals surface area contributed by atoms with Crippen molar-refractivity contribution in [2.75, 3.05) is 6.54 Å². The molecule has 0 saturated heterocycles. The standard InChI is InChI=1S/C27H59NSi/c1-7-11-12-13-14-15-16-17-18-19-20-21-22-23-24-28(29)26(5,6)25-27(8-2,9-3)10-4/h7-25H2,1-6,29H3. The number of nitrogens with zero attached hydrogens (tertiary/aromatic N) is 1. The smallest absolute Gasteiger partial charge is 0.0791 e. The van der Waals surface area contributed by atoms with Crippen molar-refractivity contribution in [3.63, 3.8) is 0 Å². The van der Waals surface area contributed by atoms with Gasteiger partial charge in [0.2, 0.25) is 0 Å². The largest absolute Gasteiger partial charge is 0.327 e. The van der Waals surface area contributed by atoms with Gasteiger partial charge < -0.3 is 4.57 Å². The van der Waals surface area contributed by atoms with Gasteiger partial charge in [0.15, 0.2) is 0 Å². The highest BCUT2D eigenvalue weighted by molar-refractivity contribution is 6.04. The molecule has 29 heavy (non-hydrogen) atoms. The summed E-state index contributed by atoms with van der Waals surface area (Å²) in [6.45, 7) is 15.8. The van der Waals surface area contributed by atoms with Gasteiger partial charge in [-0.05, 0) is 38.6 Å². The lowest BCUT2D eigenvalue weighted by atomic mass is 9.71. The zero-order valence-corrected chi connectivity index (χ0v) is 23.9. The van der Waals surface area contributed by atoms with Crippen molar-refractivity contribution in [2.24, 2.45) is 5.41 Å². The van der Waals surface area contributed by atoms with Crippen molar-refractivity contribution >= 4 is 10.4 Å². The van der Waals surface area contributed by atoms with E-state index in [0.29, 0.717) is 11.0 Å². The van der Waals surface area contributed by atoms with Crippen LogP contribution in [0, 0.1) is 5.41 Å². The summed E-state index contributed by atoms with van der Waals surface area (Å²) in [7, 11) is 1.20. The molecule has 0 aliphatic heterocycles. The average molecular weight is 426 g/mol. The molecule has 2 heteroatoms. The van der Waals surface area contributed by atoms with E-state index in [4.69, 9.17) is 0 Å². The molecule has 0 aromatic rings. The Morgan fingerprint density at radius 1 is 0.552 bits per heavy atom. The van der Waals surface area contributed by atoms with Gasteiger partial charge in [-0.3, -0.25) is 0 Å². The van der Waals surface area contributed by atoms with Crippen LogP contribution in [-0.4, -0.2) is 27.1 Å². The van der Waals surface area contributed by atoms with Crippen LogP contribution in [0.1, 0.15) is 157 Å². The summed E-state index contributed by atoms with van der Waals surface area (Å²) in [5.41, 5.74) is 0.937. The van der Waals surface area contributed by atoms with E-state index in [1.54, 1.807) is 0 Å². The van der Waals surface area contributed by atoms with Crippen LogP contribution in [0.2, 0.25) is 0 Å². The van der Waals surface area contributed by atoms with Crippen LogP contribution >= 0.6 is 0 Å². The molecular formula is C27H59NSi. The highest BCUT2D eigenvalue weighted by atomic mass is 28.2. The van der Waals surface area contributed by atoms with E-state index >= 15 is 0 Å². The molecule has 0 fully saturated rings. The maximum absolute atomic E-state index is 2.78. The molecule has 0 rings (SSSR count). The molecule has 0 aliphatic carbocycles. The zero-order chi connectivity index (χ0) is 22.0. The molecule has 0 atom stereocenters.